The molecule has 1 N–H and O–H groups in total. The van der Waals surface area contributed by atoms with Gasteiger partial charge in [-0.3, -0.25) is 0 Å². The summed E-state index contributed by atoms with van der Waals surface area (Å²) in [5.74, 6) is 1.70. The number of hydrogen-bond acceptors (Lipinski definition) is 2. The van der Waals surface area contributed by atoms with E-state index in [4.69, 9.17) is 0 Å². The van der Waals surface area contributed by atoms with Crippen molar-refractivity contribution in [2.75, 3.05) is 5.32 Å². The fraction of sp³-hybridized carbons (Fsp3) is 0.583. The highest BCUT2D eigenvalue weighted by Gasteiger charge is 2.07. The van der Waals surface area contributed by atoms with Gasteiger partial charge < -0.3 is 5.32 Å². The summed E-state index contributed by atoms with van der Waals surface area (Å²) in [6, 6.07) is 2.55. The maximum absolute atomic E-state index is 4.37. The average molecular weight is 271 g/mol. The molecule has 0 saturated heterocycles. The highest BCUT2D eigenvalue weighted by Crippen LogP contribution is 2.18. The van der Waals surface area contributed by atoms with Crippen molar-refractivity contribution in [3.63, 3.8) is 0 Å². The molecule has 0 radical (unpaired) electrons. The van der Waals surface area contributed by atoms with Gasteiger partial charge in [0.05, 0.1) is 0 Å². The third-order valence-electron chi connectivity index (χ3n) is 2.25. The number of pyridine rings is 1. The second-order valence-electron chi connectivity index (χ2n) is 4.49. The van der Waals surface area contributed by atoms with E-state index in [9.17, 15) is 0 Å². The van der Waals surface area contributed by atoms with Crippen molar-refractivity contribution in [3.05, 3.63) is 22.3 Å². The summed E-state index contributed by atoms with van der Waals surface area (Å²) < 4.78 is 1.03. The van der Waals surface area contributed by atoms with E-state index in [-0.39, 0.29) is 0 Å². The molecule has 0 aromatic carbocycles. The normalized spacial score (nSPS) is 12.9. The summed E-state index contributed by atoms with van der Waals surface area (Å²) in [4.78, 5) is 4.37. The SMILES string of the molecule is Cc1cc(Br)cnc1NC(C)CC(C)C. The molecule has 0 spiro atoms. The van der Waals surface area contributed by atoms with Crippen molar-refractivity contribution >= 4 is 21.7 Å². The number of aryl methyl sites for hydroxylation is 1. The van der Waals surface area contributed by atoms with Gasteiger partial charge in [0.1, 0.15) is 5.82 Å². The first kappa shape index (κ1) is 12.5. The summed E-state index contributed by atoms with van der Waals surface area (Å²) in [5.41, 5.74) is 1.18. The standard InChI is InChI=1S/C12H19BrN2/c1-8(2)5-10(4)15-12-9(3)6-11(13)7-14-12/h6-8,10H,5H2,1-4H3,(H,14,15). The summed E-state index contributed by atoms with van der Waals surface area (Å²) in [7, 11) is 0. The first-order valence-electron chi connectivity index (χ1n) is 5.37. The van der Waals surface area contributed by atoms with Gasteiger partial charge in [0.15, 0.2) is 0 Å². The second-order valence-corrected chi connectivity index (χ2v) is 5.41. The first-order valence-corrected chi connectivity index (χ1v) is 6.17. The van der Waals surface area contributed by atoms with E-state index >= 15 is 0 Å². The van der Waals surface area contributed by atoms with E-state index in [0.717, 1.165) is 16.7 Å². The van der Waals surface area contributed by atoms with Crippen LogP contribution in [0.5, 0.6) is 0 Å². The molecule has 1 unspecified atom stereocenters. The van der Waals surface area contributed by atoms with Gasteiger partial charge in [0.25, 0.3) is 0 Å². The van der Waals surface area contributed by atoms with Crippen LogP contribution >= 0.6 is 15.9 Å². The van der Waals surface area contributed by atoms with Crippen molar-refractivity contribution in [2.24, 2.45) is 5.92 Å². The van der Waals surface area contributed by atoms with Crippen LogP contribution in [-0.4, -0.2) is 11.0 Å². The molecule has 15 heavy (non-hydrogen) atoms. The van der Waals surface area contributed by atoms with Crippen LogP contribution < -0.4 is 5.32 Å². The van der Waals surface area contributed by atoms with Crippen LogP contribution in [0.25, 0.3) is 0 Å². The lowest BCUT2D eigenvalue weighted by Gasteiger charge is -2.17. The first-order chi connectivity index (χ1) is 6.99. The fourth-order valence-corrected chi connectivity index (χ4v) is 2.14. The number of halogens is 1. The third kappa shape index (κ3) is 4.20. The Balaban J connectivity index is 2.64. The molecule has 84 valence electrons. The molecule has 0 aliphatic heterocycles. The molecule has 0 saturated carbocycles. The zero-order chi connectivity index (χ0) is 11.4. The van der Waals surface area contributed by atoms with Crippen LogP contribution in [0.4, 0.5) is 5.82 Å². The number of rotatable bonds is 4. The molecule has 2 nitrogen and oxygen atoms in total. The zero-order valence-corrected chi connectivity index (χ0v) is 11.4. The number of aromatic nitrogens is 1. The molecule has 0 aliphatic rings. The van der Waals surface area contributed by atoms with Gasteiger partial charge in [-0.2, -0.15) is 0 Å². The lowest BCUT2D eigenvalue weighted by atomic mass is 10.1. The molecule has 0 aliphatic carbocycles. The number of hydrogen-bond donors (Lipinski definition) is 1. The molecule has 1 aromatic rings. The lowest BCUT2D eigenvalue weighted by molar-refractivity contribution is 0.538. The molecule has 1 aromatic heterocycles. The van der Waals surface area contributed by atoms with Gasteiger partial charge >= 0.3 is 0 Å². The highest BCUT2D eigenvalue weighted by atomic mass is 79.9. The van der Waals surface area contributed by atoms with Gasteiger partial charge in [-0.05, 0) is 53.7 Å². The van der Waals surface area contributed by atoms with E-state index < -0.39 is 0 Å². The molecular weight excluding hydrogens is 252 g/mol. The molecule has 0 amide bonds. The van der Waals surface area contributed by atoms with Crippen molar-refractivity contribution in [3.8, 4) is 0 Å². The summed E-state index contributed by atoms with van der Waals surface area (Å²) in [6.45, 7) is 8.74. The van der Waals surface area contributed by atoms with Crippen LogP contribution in [0.15, 0.2) is 16.7 Å². The minimum Gasteiger partial charge on any atom is -0.367 e. The fourth-order valence-electron chi connectivity index (χ4n) is 1.69. The van der Waals surface area contributed by atoms with Crippen molar-refractivity contribution in [1.29, 1.82) is 0 Å². The zero-order valence-electron chi connectivity index (χ0n) is 9.84. The monoisotopic (exact) mass is 270 g/mol. The largest absolute Gasteiger partial charge is 0.367 e. The Bertz CT molecular complexity index is 323. The van der Waals surface area contributed by atoms with Crippen molar-refractivity contribution in [1.82, 2.24) is 4.98 Å². The highest BCUT2D eigenvalue weighted by molar-refractivity contribution is 9.10. The average Bonchev–Trinajstić information content (AvgIpc) is 2.08. The number of nitrogens with one attached hydrogen (secondary N) is 1. The Hall–Kier alpha value is -0.570. The van der Waals surface area contributed by atoms with E-state index in [0.29, 0.717) is 12.0 Å². The molecule has 1 heterocycles. The molecule has 0 fully saturated rings. The third-order valence-corrected chi connectivity index (χ3v) is 2.69. The smallest absolute Gasteiger partial charge is 0.129 e. The van der Waals surface area contributed by atoms with Crippen molar-refractivity contribution < 1.29 is 0 Å². The van der Waals surface area contributed by atoms with E-state index in [1.807, 2.05) is 6.20 Å². The van der Waals surface area contributed by atoms with Crippen LogP contribution in [-0.2, 0) is 0 Å². The van der Waals surface area contributed by atoms with Gasteiger partial charge in [-0.25, -0.2) is 4.98 Å². The quantitative estimate of drug-likeness (QED) is 0.895. The second kappa shape index (κ2) is 5.50. The molecule has 1 atom stereocenters. The lowest BCUT2D eigenvalue weighted by Crippen LogP contribution is -2.18. The number of anilines is 1. The van der Waals surface area contributed by atoms with Gasteiger partial charge in [0, 0.05) is 16.7 Å². The molecule has 0 bridgehead atoms. The topological polar surface area (TPSA) is 24.9 Å². The van der Waals surface area contributed by atoms with E-state index in [1.165, 1.54) is 5.56 Å². The van der Waals surface area contributed by atoms with Crippen LogP contribution in [0.2, 0.25) is 0 Å². The molecular formula is C12H19BrN2. The Morgan fingerprint density at radius 3 is 2.60 bits per heavy atom. The van der Waals surface area contributed by atoms with Gasteiger partial charge in [-0.15, -0.1) is 0 Å². The summed E-state index contributed by atoms with van der Waals surface area (Å²) in [5, 5.41) is 3.44. The Morgan fingerprint density at radius 2 is 2.07 bits per heavy atom. The Morgan fingerprint density at radius 1 is 1.40 bits per heavy atom. The summed E-state index contributed by atoms with van der Waals surface area (Å²) >= 11 is 3.41. The minimum atomic E-state index is 0.470. The van der Waals surface area contributed by atoms with E-state index in [1.54, 1.807) is 0 Å². The predicted molar refractivity (Wildman–Crippen MR) is 69.2 cm³/mol. The maximum atomic E-state index is 4.37. The van der Waals surface area contributed by atoms with Gasteiger partial charge in [-0.1, -0.05) is 13.8 Å². The maximum Gasteiger partial charge on any atom is 0.129 e. The molecule has 3 heteroatoms. The summed E-state index contributed by atoms with van der Waals surface area (Å²) in [6.07, 6.45) is 2.99. The van der Waals surface area contributed by atoms with Gasteiger partial charge in [0.2, 0.25) is 0 Å². The Kier molecular flexibility index (Phi) is 4.58. The minimum absolute atomic E-state index is 0.470. The van der Waals surface area contributed by atoms with Crippen LogP contribution in [0, 0.1) is 12.8 Å². The van der Waals surface area contributed by atoms with Crippen LogP contribution in [0.1, 0.15) is 32.8 Å². The Labute approximate surface area is 101 Å². The molecule has 1 rings (SSSR count). The number of nitrogens with zero attached hydrogens (tertiary/aromatic N) is 1. The predicted octanol–water partition coefficient (Wildman–Crippen LogP) is 4.00. The van der Waals surface area contributed by atoms with Crippen molar-refractivity contribution in [2.45, 2.75) is 40.2 Å². The van der Waals surface area contributed by atoms with Crippen LogP contribution in [0.3, 0.4) is 0 Å². The van der Waals surface area contributed by atoms with E-state index in [2.05, 4.69) is 60.0 Å².